The largest absolute Gasteiger partial charge is 0.508 e. The molecule has 0 fully saturated rings. The molecule has 0 aliphatic heterocycles. The normalized spacial score (nSPS) is 10.1. The number of benzene rings is 2. The Morgan fingerprint density at radius 1 is 1.08 bits per heavy atom. The molecule has 6 nitrogen and oxygen atoms in total. The third-order valence-corrected chi connectivity index (χ3v) is 2.88. The summed E-state index contributed by atoms with van der Waals surface area (Å²) in [4.78, 5) is 23.1. The van der Waals surface area contributed by atoms with Gasteiger partial charge in [-0.25, -0.2) is 18.4 Å². The van der Waals surface area contributed by atoms with Gasteiger partial charge in [0, 0.05) is 6.07 Å². The zero-order valence-corrected chi connectivity index (χ0v) is 12.4. The maximum Gasteiger partial charge on any atom is 0.344 e. The fourth-order valence-corrected chi connectivity index (χ4v) is 1.78. The Balaban J connectivity index is 2.01. The van der Waals surface area contributed by atoms with E-state index in [9.17, 15) is 23.5 Å². The molecule has 0 aliphatic carbocycles. The van der Waals surface area contributed by atoms with Crippen molar-refractivity contribution < 1.29 is 37.7 Å². The average Bonchev–Trinajstić information content (AvgIpc) is 2.55. The van der Waals surface area contributed by atoms with Crippen LogP contribution in [-0.2, 0) is 9.47 Å². The summed E-state index contributed by atoms with van der Waals surface area (Å²) >= 11 is 0. The van der Waals surface area contributed by atoms with Crippen molar-refractivity contribution in [3.8, 4) is 11.5 Å². The number of carbonyl (C=O) groups is 2. The number of halogens is 2. The predicted molar refractivity (Wildman–Crippen MR) is 76.7 cm³/mol. The third-order valence-electron chi connectivity index (χ3n) is 2.88. The smallest absolute Gasteiger partial charge is 0.344 e. The van der Waals surface area contributed by atoms with Gasteiger partial charge < -0.3 is 19.3 Å². The zero-order valence-electron chi connectivity index (χ0n) is 12.4. The molecule has 2 aromatic rings. The topological polar surface area (TPSA) is 82.1 Å². The molecule has 0 radical (unpaired) electrons. The first-order valence-electron chi connectivity index (χ1n) is 6.58. The van der Waals surface area contributed by atoms with Gasteiger partial charge in [-0.2, -0.15) is 0 Å². The van der Waals surface area contributed by atoms with Crippen LogP contribution >= 0.6 is 0 Å². The molecule has 0 amide bonds. The number of ether oxygens (including phenoxy) is 3. The van der Waals surface area contributed by atoms with Crippen molar-refractivity contribution in [2.75, 3.05) is 13.9 Å². The quantitative estimate of drug-likeness (QED) is 0.667. The van der Waals surface area contributed by atoms with Gasteiger partial charge >= 0.3 is 11.9 Å². The van der Waals surface area contributed by atoms with Gasteiger partial charge in [-0.15, -0.1) is 0 Å². The van der Waals surface area contributed by atoms with Gasteiger partial charge in [0.25, 0.3) is 0 Å². The molecule has 126 valence electrons. The summed E-state index contributed by atoms with van der Waals surface area (Å²) in [7, 11) is 1.14. The van der Waals surface area contributed by atoms with Gasteiger partial charge in [-0.05, 0) is 30.3 Å². The van der Waals surface area contributed by atoms with Gasteiger partial charge in [0.15, 0.2) is 0 Å². The van der Waals surface area contributed by atoms with Crippen LogP contribution in [0.1, 0.15) is 20.7 Å². The molecule has 0 bridgehead atoms. The van der Waals surface area contributed by atoms with Gasteiger partial charge in [-0.3, -0.25) is 0 Å². The number of rotatable bonds is 5. The molecule has 24 heavy (non-hydrogen) atoms. The maximum atomic E-state index is 13.5. The molecule has 0 atom stereocenters. The van der Waals surface area contributed by atoms with E-state index in [1.54, 1.807) is 0 Å². The number of hydrogen-bond donors (Lipinski definition) is 1. The molecule has 0 unspecified atom stereocenters. The number of carbonyl (C=O) groups excluding carboxylic acids is 2. The number of methoxy groups -OCH3 is 1. The highest BCUT2D eigenvalue weighted by molar-refractivity contribution is 5.90. The average molecular weight is 338 g/mol. The Bertz CT molecular complexity index is 775. The van der Waals surface area contributed by atoms with E-state index < -0.39 is 35.9 Å². The second-order valence-corrected chi connectivity index (χ2v) is 4.53. The summed E-state index contributed by atoms with van der Waals surface area (Å²) in [6.07, 6.45) is 0. The second-order valence-electron chi connectivity index (χ2n) is 4.53. The number of phenols is 1. The Kier molecular flexibility index (Phi) is 5.31. The number of esters is 2. The van der Waals surface area contributed by atoms with E-state index in [0.29, 0.717) is 0 Å². The zero-order chi connectivity index (χ0) is 17.7. The first kappa shape index (κ1) is 17.2. The van der Waals surface area contributed by atoms with Crippen molar-refractivity contribution in [3.05, 3.63) is 59.2 Å². The van der Waals surface area contributed by atoms with Crippen molar-refractivity contribution in [1.82, 2.24) is 0 Å². The molecular formula is C16H12F2O6. The minimum Gasteiger partial charge on any atom is -0.508 e. The standard InChI is InChI=1S/C16H12F2O6/c1-22-15(20)9-4-10(17)6-12(5-9)23-8-24-16(21)13-7-11(19)2-3-14(13)18/h2-7,19H,8H2,1H3. The van der Waals surface area contributed by atoms with Crippen LogP contribution in [-0.4, -0.2) is 30.9 Å². The maximum absolute atomic E-state index is 13.5. The highest BCUT2D eigenvalue weighted by Crippen LogP contribution is 2.19. The van der Waals surface area contributed by atoms with Crippen molar-refractivity contribution in [1.29, 1.82) is 0 Å². The Labute approximate surface area is 135 Å². The lowest BCUT2D eigenvalue weighted by molar-refractivity contribution is 0.0147. The SMILES string of the molecule is COC(=O)c1cc(F)cc(OCOC(=O)c2cc(O)ccc2F)c1. The Morgan fingerprint density at radius 2 is 1.83 bits per heavy atom. The van der Waals surface area contributed by atoms with Crippen molar-refractivity contribution >= 4 is 11.9 Å². The Morgan fingerprint density at radius 3 is 2.54 bits per heavy atom. The van der Waals surface area contributed by atoms with Gasteiger partial charge in [0.1, 0.15) is 23.1 Å². The van der Waals surface area contributed by atoms with Gasteiger partial charge in [-0.1, -0.05) is 0 Å². The summed E-state index contributed by atoms with van der Waals surface area (Å²) in [5, 5.41) is 9.24. The van der Waals surface area contributed by atoms with E-state index in [1.165, 1.54) is 6.07 Å². The molecule has 8 heteroatoms. The molecule has 1 N–H and O–H groups in total. The van der Waals surface area contributed by atoms with Crippen LogP contribution in [0.4, 0.5) is 8.78 Å². The lowest BCUT2D eigenvalue weighted by Gasteiger charge is -2.09. The van der Waals surface area contributed by atoms with Crippen LogP contribution in [0.2, 0.25) is 0 Å². The summed E-state index contributed by atoms with van der Waals surface area (Å²) in [6.45, 7) is -0.655. The fourth-order valence-electron chi connectivity index (χ4n) is 1.78. The van der Waals surface area contributed by atoms with E-state index in [-0.39, 0.29) is 17.1 Å². The molecule has 0 saturated carbocycles. The van der Waals surface area contributed by atoms with Gasteiger partial charge in [0.2, 0.25) is 6.79 Å². The first-order chi connectivity index (χ1) is 11.4. The summed E-state index contributed by atoms with van der Waals surface area (Å²) < 4.78 is 41.0. The number of phenolic OH excluding ortho intramolecular Hbond substituents is 1. The molecule has 2 rings (SSSR count). The monoisotopic (exact) mass is 338 g/mol. The predicted octanol–water partition coefficient (Wildman–Crippen LogP) is 2.65. The van der Waals surface area contributed by atoms with Crippen molar-refractivity contribution in [2.45, 2.75) is 0 Å². The lowest BCUT2D eigenvalue weighted by Crippen LogP contribution is -2.12. The van der Waals surface area contributed by atoms with Crippen LogP contribution in [0.15, 0.2) is 36.4 Å². The lowest BCUT2D eigenvalue weighted by atomic mass is 10.2. The van der Waals surface area contributed by atoms with Gasteiger partial charge in [0.05, 0.1) is 18.2 Å². The molecule has 0 spiro atoms. The highest BCUT2D eigenvalue weighted by atomic mass is 19.1. The summed E-state index contributed by atoms with van der Waals surface area (Å²) in [5.74, 6) is -3.86. The van der Waals surface area contributed by atoms with Crippen molar-refractivity contribution in [3.63, 3.8) is 0 Å². The van der Waals surface area contributed by atoms with Crippen LogP contribution in [0.3, 0.4) is 0 Å². The molecular weight excluding hydrogens is 326 g/mol. The second kappa shape index (κ2) is 7.40. The third kappa shape index (κ3) is 4.19. The van der Waals surface area contributed by atoms with E-state index in [0.717, 1.165) is 37.4 Å². The molecule has 0 aromatic heterocycles. The van der Waals surface area contributed by atoms with E-state index >= 15 is 0 Å². The molecule has 0 heterocycles. The Hall–Kier alpha value is -3.16. The summed E-state index contributed by atoms with van der Waals surface area (Å²) in [5.41, 5.74) is -0.564. The van der Waals surface area contributed by atoms with Crippen LogP contribution in [0, 0.1) is 11.6 Å². The van der Waals surface area contributed by atoms with E-state index in [4.69, 9.17) is 4.74 Å². The van der Waals surface area contributed by atoms with E-state index in [2.05, 4.69) is 9.47 Å². The van der Waals surface area contributed by atoms with E-state index in [1.807, 2.05) is 0 Å². The number of hydrogen-bond acceptors (Lipinski definition) is 6. The number of aromatic hydroxyl groups is 1. The molecule has 0 aliphatic rings. The first-order valence-corrected chi connectivity index (χ1v) is 6.58. The fraction of sp³-hybridized carbons (Fsp3) is 0.125. The highest BCUT2D eigenvalue weighted by Gasteiger charge is 2.15. The molecule has 0 saturated heterocycles. The van der Waals surface area contributed by atoms with Crippen LogP contribution < -0.4 is 4.74 Å². The minimum atomic E-state index is -1.08. The summed E-state index contributed by atoms with van der Waals surface area (Å²) in [6, 6.07) is 5.99. The van der Waals surface area contributed by atoms with Crippen LogP contribution in [0.25, 0.3) is 0 Å². The van der Waals surface area contributed by atoms with Crippen molar-refractivity contribution in [2.24, 2.45) is 0 Å². The molecule has 2 aromatic carbocycles. The van der Waals surface area contributed by atoms with Crippen LogP contribution in [0.5, 0.6) is 11.5 Å². The minimum absolute atomic E-state index is 0.0837.